The fourth-order valence-corrected chi connectivity index (χ4v) is 1.12. The van der Waals surface area contributed by atoms with E-state index in [0.717, 1.165) is 19.6 Å². The molecule has 0 spiro atoms. The Hall–Kier alpha value is -0.120. The fourth-order valence-electron chi connectivity index (χ4n) is 1.12. The molecule has 0 aromatic heterocycles. The van der Waals surface area contributed by atoms with Gasteiger partial charge in [0, 0.05) is 13.2 Å². The first kappa shape index (κ1) is 8.97. The molecule has 65 valence electrons. The molecule has 0 amide bonds. The van der Waals surface area contributed by atoms with Crippen LogP contribution in [-0.2, 0) is 9.47 Å². The highest BCUT2D eigenvalue weighted by molar-refractivity contribution is 4.64. The van der Waals surface area contributed by atoms with Gasteiger partial charge < -0.3 is 9.47 Å². The lowest BCUT2D eigenvalue weighted by molar-refractivity contribution is -0.000224. The molecule has 11 heavy (non-hydrogen) atoms. The Morgan fingerprint density at radius 2 is 2.36 bits per heavy atom. The monoisotopic (exact) mass is 158 g/mol. The Balaban J connectivity index is 1.86. The number of ether oxygens (including phenoxy) is 2. The van der Waals surface area contributed by atoms with Crippen molar-refractivity contribution >= 4 is 0 Å². The first-order valence-corrected chi connectivity index (χ1v) is 4.29. The van der Waals surface area contributed by atoms with E-state index in [1.807, 2.05) is 6.92 Å². The summed E-state index contributed by atoms with van der Waals surface area (Å²) in [7, 11) is 0. The third kappa shape index (κ3) is 3.70. The normalized spacial score (nSPS) is 24.3. The van der Waals surface area contributed by atoms with E-state index in [0.29, 0.717) is 13.2 Å². The zero-order chi connectivity index (χ0) is 7.94. The average molecular weight is 158 g/mol. The minimum Gasteiger partial charge on any atom is -0.379 e. The van der Waals surface area contributed by atoms with Crippen molar-refractivity contribution in [1.29, 1.82) is 0 Å². The van der Waals surface area contributed by atoms with Crippen LogP contribution < -0.4 is 5.32 Å². The largest absolute Gasteiger partial charge is 0.379 e. The predicted molar refractivity (Wildman–Crippen MR) is 42.5 cm³/mol. The number of nitrogens with zero attached hydrogens (tertiary/aromatic N) is 1. The summed E-state index contributed by atoms with van der Waals surface area (Å²) in [6, 6.07) is 0. The Kier molecular flexibility index (Phi) is 4.50. The van der Waals surface area contributed by atoms with E-state index in [1.54, 1.807) is 0 Å². The molecule has 3 heteroatoms. The van der Waals surface area contributed by atoms with Gasteiger partial charge in [0.05, 0.1) is 13.2 Å². The summed E-state index contributed by atoms with van der Waals surface area (Å²) in [4.78, 5) is 0. The van der Waals surface area contributed by atoms with Gasteiger partial charge in [-0.05, 0) is 19.8 Å². The molecule has 0 aromatic carbocycles. The highest BCUT2D eigenvalue weighted by atomic mass is 16.5. The second-order valence-corrected chi connectivity index (χ2v) is 2.57. The third-order valence-corrected chi connectivity index (χ3v) is 1.68. The molecule has 1 fully saturated rings. The van der Waals surface area contributed by atoms with Crippen LogP contribution in [0.5, 0.6) is 0 Å². The van der Waals surface area contributed by atoms with Crippen LogP contribution in [-0.4, -0.2) is 32.6 Å². The maximum atomic E-state index is 5.41. The first-order chi connectivity index (χ1) is 5.43. The van der Waals surface area contributed by atoms with Gasteiger partial charge in [-0.1, -0.05) is 0 Å². The number of hydrogen-bond acceptors (Lipinski definition) is 2. The van der Waals surface area contributed by atoms with Crippen LogP contribution >= 0.6 is 0 Å². The highest BCUT2D eigenvalue weighted by Crippen LogP contribution is 2.07. The molecule has 1 atom stereocenters. The van der Waals surface area contributed by atoms with Gasteiger partial charge in [0.25, 0.3) is 0 Å². The predicted octanol–water partition coefficient (Wildman–Crippen LogP) is 0.764. The lowest BCUT2D eigenvalue weighted by Crippen LogP contribution is -2.20. The van der Waals surface area contributed by atoms with Gasteiger partial charge in [0.2, 0.25) is 0 Å². The van der Waals surface area contributed by atoms with Crippen LogP contribution in [0.3, 0.4) is 0 Å². The maximum absolute atomic E-state index is 5.41. The van der Waals surface area contributed by atoms with Crippen LogP contribution in [0, 0.1) is 0 Å². The van der Waals surface area contributed by atoms with Crippen molar-refractivity contribution in [2.24, 2.45) is 0 Å². The van der Waals surface area contributed by atoms with E-state index in [2.05, 4.69) is 5.32 Å². The van der Waals surface area contributed by atoms with Crippen molar-refractivity contribution in [3.05, 3.63) is 0 Å². The molecule has 3 nitrogen and oxygen atoms in total. The molecule has 0 aromatic rings. The van der Waals surface area contributed by atoms with Gasteiger partial charge in [-0.15, -0.1) is 0 Å². The smallest absolute Gasteiger partial charge is 0.123 e. The zero-order valence-electron chi connectivity index (χ0n) is 7.08. The minimum absolute atomic E-state index is 0.162. The molecular formula is C8H16NO2. The van der Waals surface area contributed by atoms with Crippen LogP contribution in [0.15, 0.2) is 0 Å². The second-order valence-electron chi connectivity index (χ2n) is 2.57. The topological polar surface area (TPSA) is 32.6 Å². The molecule has 0 aliphatic carbocycles. The highest BCUT2D eigenvalue weighted by Gasteiger charge is 2.14. The third-order valence-electron chi connectivity index (χ3n) is 1.68. The van der Waals surface area contributed by atoms with Crippen molar-refractivity contribution in [2.75, 3.05) is 26.4 Å². The van der Waals surface area contributed by atoms with Crippen LogP contribution in [0.2, 0.25) is 0 Å². The Morgan fingerprint density at radius 3 is 3.00 bits per heavy atom. The van der Waals surface area contributed by atoms with Gasteiger partial charge in [-0.25, -0.2) is 5.32 Å². The van der Waals surface area contributed by atoms with Crippen molar-refractivity contribution < 1.29 is 9.47 Å². The molecule has 1 rings (SSSR count). The van der Waals surface area contributed by atoms with Gasteiger partial charge >= 0.3 is 0 Å². The van der Waals surface area contributed by atoms with E-state index >= 15 is 0 Å². The van der Waals surface area contributed by atoms with E-state index in [4.69, 9.17) is 9.47 Å². The van der Waals surface area contributed by atoms with Crippen molar-refractivity contribution in [1.82, 2.24) is 5.32 Å². The summed E-state index contributed by atoms with van der Waals surface area (Å²) in [5, 5.41) is 4.26. The fraction of sp³-hybridized carbons (Fsp3) is 1.00. The summed E-state index contributed by atoms with van der Waals surface area (Å²) in [5.74, 6) is 0. The summed E-state index contributed by atoms with van der Waals surface area (Å²) >= 11 is 0. The molecule has 0 saturated carbocycles. The minimum atomic E-state index is 0.162. The molecular weight excluding hydrogens is 142 g/mol. The van der Waals surface area contributed by atoms with E-state index in [9.17, 15) is 0 Å². The molecule has 1 saturated heterocycles. The SMILES string of the molecule is CCOCCO[C@@H]1CCC[N]1. The number of rotatable bonds is 5. The lowest BCUT2D eigenvalue weighted by atomic mass is 10.4. The molecule has 1 heterocycles. The van der Waals surface area contributed by atoms with E-state index in [-0.39, 0.29) is 6.23 Å². The van der Waals surface area contributed by atoms with Crippen LogP contribution in [0.25, 0.3) is 0 Å². The molecule has 0 unspecified atom stereocenters. The molecule has 1 aliphatic rings. The first-order valence-electron chi connectivity index (χ1n) is 4.29. The van der Waals surface area contributed by atoms with Crippen molar-refractivity contribution in [3.8, 4) is 0 Å². The lowest BCUT2D eigenvalue weighted by Gasteiger charge is -2.09. The Labute approximate surface area is 68.1 Å². The Morgan fingerprint density at radius 1 is 1.45 bits per heavy atom. The average Bonchev–Trinajstić information content (AvgIpc) is 2.50. The molecule has 1 aliphatic heterocycles. The quantitative estimate of drug-likeness (QED) is 0.553. The molecule has 1 radical (unpaired) electrons. The van der Waals surface area contributed by atoms with Crippen LogP contribution in [0.4, 0.5) is 0 Å². The summed E-state index contributed by atoms with van der Waals surface area (Å²) in [6.45, 7) is 5.11. The van der Waals surface area contributed by atoms with Gasteiger partial charge in [0.15, 0.2) is 0 Å². The number of hydrogen-bond donors (Lipinski definition) is 0. The summed E-state index contributed by atoms with van der Waals surface area (Å²) < 4.78 is 10.5. The summed E-state index contributed by atoms with van der Waals surface area (Å²) in [6.07, 6.45) is 2.43. The second kappa shape index (κ2) is 5.52. The van der Waals surface area contributed by atoms with Gasteiger partial charge in [-0.3, -0.25) is 0 Å². The van der Waals surface area contributed by atoms with Crippen molar-refractivity contribution in [3.63, 3.8) is 0 Å². The summed E-state index contributed by atoms with van der Waals surface area (Å²) in [5.41, 5.74) is 0. The standard InChI is InChI=1S/C8H16NO2/c1-2-10-6-7-11-8-4-3-5-9-8/h8H,2-7H2,1H3/t8-/m1/s1. The van der Waals surface area contributed by atoms with E-state index < -0.39 is 0 Å². The van der Waals surface area contributed by atoms with Crippen molar-refractivity contribution in [2.45, 2.75) is 26.0 Å². The molecule has 0 bridgehead atoms. The van der Waals surface area contributed by atoms with Gasteiger partial charge in [-0.2, -0.15) is 0 Å². The van der Waals surface area contributed by atoms with E-state index in [1.165, 1.54) is 6.42 Å². The van der Waals surface area contributed by atoms with Crippen LogP contribution in [0.1, 0.15) is 19.8 Å². The zero-order valence-corrected chi connectivity index (χ0v) is 7.08. The maximum Gasteiger partial charge on any atom is 0.123 e. The van der Waals surface area contributed by atoms with Gasteiger partial charge in [0.1, 0.15) is 6.23 Å². The Bertz CT molecular complexity index is 92.1. The molecule has 0 N–H and O–H groups in total.